The molecule has 9 heteroatoms. The summed E-state index contributed by atoms with van der Waals surface area (Å²) in [6, 6.07) is 0. The Hall–Kier alpha value is -0.760. The molecule has 0 aliphatic heterocycles. The van der Waals surface area contributed by atoms with Gasteiger partial charge in [-0.25, -0.2) is 4.57 Å². The number of allylic oxidation sites excluding steroid dienone is 2. The zero-order valence-electron chi connectivity index (χ0n) is 35.1. The molecule has 0 saturated heterocycles. The van der Waals surface area contributed by atoms with Crippen LogP contribution >= 0.6 is 7.82 Å². The second-order valence-electron chi connectivity index (χ2n) is 16.1. The number of rotatable bonds is 41. The smallest absolute Gasteiger partial charge is 0.457 e. The van der Waals surface area contributed by atoms with E-state index in [1.54, 1.807) is 0 Å². The number of esters is 1. The van der Waals surface area contributed by atoms with Gasteiger partial charge in [0.1, 0.15) is 19.3 Å². The summed E-state index contributed by atoms with van der Waals surface area (Å²) in [5, 5.41) is 0. The summed E-state index contributed by atoms with van der Waals surface area (Å²) in [7, 11) is 1.67. The zero-order valence-corrected chi connectivity index (χ0v) is 36.0. The van der Waals surface area contributed by atoms with Crippen LogP contribution in [-0.2, 0) is 27.9 Å². The monoisotopic (exact) mass is 761 g/mol. The van der Waals surface area contributed by atoms with E-state index in [1.165, 1.54) is 141 Å². The SMILES string of the molecule is CCCCCC/C=C\CCCCCCCC(=O)OC(COCCCCCCCCCCCCCCCCCCC)COP(=O)(O)OCC[N+](C)(C)C. The van der Waals surface area contributed by atoms with Crippen molar-refractivity contribution >= 4 is 13.8 Å². The predicted octanol–water partition coefficient (Wildman–Crippen LogP) is 12.7. The maximum absolute atomic E-state index is 12.7. The minimum atomic E-state index is -4.27. The second-order valence-corrected chi connectivity index (χ2v) is 17.5. The van der Waals surface area contributed by atoms with Crippen molar-refractivity contribution in [3.8, 4) is 0 Å². The lowest BCUT2D eigenvalue weighted by molar-refractivity contribution is -0.870. The normalized spacial score (nSPS) is 13.9. The topological polar surface area (TPSA) is 91.3 Å². The molecule has 0 aromatic carbocycles. The van der Waals surface area contributed by atoms with Crippen LogP contribution in [-0.4, -0.2) is 75.6 Å². The lowest BCUT2D eigenvalue weighted by Gasteiger charge is -2.24. The van der Waals surface area contributed by atoms with E-state index in [9.17, 15) is 14.3 Å². The van der Waals surface area contributed by atoms with Crippen LogP contribution in [0.2, 0.25) is 0 Å². The summed E-state index contributed by atoms with van der Waals surface area (Å²) in [4.78, 5) is 22.8. The van der Waals surface area contributed by atoms with E-state index < -0.39 is 13.9 Å². The molecule has 8 nitrogen and oxygen atoms in total. The number of hydrogen-bond donors (Lipinski definition) is 1. The minimum Gasteiger partial charge on any atom is -0.457 e. The lowest BCUT2D eigenvalue weighted by atomic mass is 10.0. The van der Waals surface area contributed by atoms with Crippen LogP contribution in [0.5, 0.6) is 0 Å². The van der Waals surface area contributed by atoms with Crippen molar-refractivity contribution in [2.45, 2.75) is 206 Å². The number of hydrogen-bond acceptors (Lipinski definition) is 6. The molecule has 0 rings (SSSR count). The first kappa shape index (κ1) is 51.2. The fourth-order valence-corrected chi connectivity index (χ4v) is 6.88. The summed E-state index contributed by atoms with van der Waals surface area (Å²) >= 11 is 0. The molecule has 0 amide bonds. The van der Waals surface area contributed by atoms with Gasteiger partial charge in [0.15, 0.2) is 0 Å². The van der Waals surface area contributed by atoms with Gasteiger partial charge < -0.3 is 18.9 Å². The summed E-state index contributed by atoms with van der Waals surface area (Å²) in [6.07, 6.45) is 39.5. The van der Waals surface area contributed by atoms with Crippen molar-refractivity contribution in [2.75, 3.05) is 54.1 Å². The Labute approximate surface area is 322 Å². The Morgan fingerprint density at radius 1 is 0.577 bits per heavy atom. The van der Waals surface area contributed by atoms with Gasteiger partial charge in [-0.1, -0.05) is 167 Å². The molecule has 0 radical (unpaired) electrons. The molecule has 0 aliphatic carbocycles. The van der Waals surface area contributed by atoms with Gasteiger partial charge in [0.25, 0.3) is 0 Å². The third-order valence-electron chi connectivity index (χ3n) is 9.58. The number of likely N-dealkylation sites (N-methyl/N-ethyl adjacent to an activating group) is 1. The molecule has 0 saturated carbocycles. The summed E-state index contributed by atoms with van der Waals surface area (Å²) in [5.74, 6) is -0.320. The van der Waals surface area contributed by atoms with Crippen molar-refractivity contribution < 1.29 is 37.3 Å². The average Bonchev–Trinajstić information content (AvgIpc) is 3.09. The van der Waals surface area contributed by atoms with Gasteiger partial charge in [-0.15, -0.1) is 0 Å². The number of nitrogens with zero attached hydrogens (tertiary/aromatic N) is 1. The first-order valence-electron chi connectivity index (χ1n) is 21.9. The third kappa shape index (κ3) is 40.4. The highest BCUT2D eigenvalue weighted by molar-refractivity contribution is 7.47. The number of unbranched alkanes of at least 4 members (excludes halogenated alkanes) is 25. The van der Waals surface area contributed by atoms with E-state index in [1.807, 2.05) is 21.1 Å². The van der Waals surface area contributed by atoms with Gasteiger partial charge in [0.05, 0.1) is 34.4 Å². The number of quaternary nitrogens is 1. The van der Waals surface area contributed by atoms with E-state index in [0.717, 1.165) is 38.5 Å². The molecule has 0 aliphatic rings. The highest BCUT2D eigenvalue weighted by Crippen LogP contribution is 2.43. The van der Waals surface area contributed by atoms with Crippen LogP contribution in [0.15, 0.2) is 12.2 Å². The Balaban J connectivity index is 4.20. The Morgan fingerprint density at radius 2 is 1.00 bits per heavy atom. The van der Waals surface area contributed by atoms with Crippen molar-refractivity contribution in [3.05, 3.63) is 12.2 Å². The van der Waals surface area contributed by atoms with E-state index in [4.69, 9.17) is 18.5 Å². The van der Waals surface area contributed by atoms with Gasteiger partial charge in [-0.05, 0) is 38.5 Å². The van der Waals surface area contributed by atoms with E-state index in [0.29, 0.717) is 24.1 Å². The molecule has 0 aromatic rings. The van der Waals surface area contributed by atoms with Crippen LogP contribution in [0.25, 0.3) is 0 Å². The first-order valence-corrected chi connectivity index (χ1v) is 23.4. The molecule has 1 N–H and O–H groups in total. The van der Waals surface area contributed by atoms with Gasteiger partial charge in [0.2, 0.25) is 0 Å². The quantitative estimate of drug-likeness (QED) is 0.0218. The summed E-state index contributed by atoms with van der Waals surface area (Å²) in [6.45, 7) is 5.63. The molecular weight excluding hydrogens is 673 g/mol. The molecular formula is C43H87NO7P+. The third-order valence-corrected chi connectivity index (χ3v) is 10.6. The fraction of sp³-hybridized carbons (Fsp3) is 0.930. The van der Waals surface area contributed by atoms with Gasteiger partial charge in [0, 0.05) is 13.0 Å². The summed E-state index contributed by atoms with van der Waals surface area (Å²) < 4.78 is 35.0. The Kier molecular flexibility index (Phi) is 36.6. The highest BCUT2D eigenvalue weighted by Gasteiger charge is 2.26. The van der Waals surface area contributed by atoms with E-state index in [-0.39, 0.29) is 25.8 Å². The standard InChI is InChI=1S/C43H86NO7P/c1-6-8-10-12-14-16-18-20-21-22-23-25-27-29-31-33-35-38-48-40-42(41-50-52(46,47)49-39-37-44(3,4)5)51-43(45)36-34-32-30-28-26-24-19-17-15-13-11-9-7-2/h17,19,42H,6-16,18,20-41H2,1-5H3/p+1/b19-17-. The van der Waals surface area contributed by atoms with Gasteiger partial charge in [-0.3, -0.25) is 13.8 Å². The average molecular weight is 761 g/mol. The fourth-order valence-electron chi connectivity index (χ4n) is 6.14. The van der Waals surface area contributed by atoms with Crippen LogP contribution in [0.4, 0.5) is 0 Å². The minimum absolute atomic E-state index is 0.0902. The second kappa shape index (κ2) is 37.2. The van der Waals surface area contributed by atoms with Crippen molar-refractivity contribution in [2.24, 2.45) is 0 Å². The molecule has 2 unspecified atom stereocenters. The molecule has 0 bridgehead atoms. The first-order chi connectivity index (χ1) is 25.1. The van der Waals surface area contributed by atoms with Crippen LogP contribution < -0.4 is 0 Å². The zero-order chi connectivity index (χ0) is 38.4. The maximum Gasteiger partial charge on any atom is 0.472 e. The number of carbonyl (C=O) groups is 1. The van der Waals surface area contributed by atoms with E-state index in [2.05, 4.69) is 26.0 Å². The number of phosphoric acid groups is 1. The van der Waals surface area contributed by atoms with Crippen molar-refractivity contribution in [1.82, 2.24) is 0 Å². The largest absolute Gasteiger partial charge is 0.472 e. The number of ether oxygens (including phenoxy) is 2. The molecule has 52 heavy (non-hydrogen) atoms. The van der Waals surface area contributed by atoms with Crippen molar-refractivity contribution in [1.29, 1.82) is 0 Å². The molecule has 0 fully saturated rings. The number of phosphoric ester groups is 1. The molecule has 0 heterocycles. The number of carbonyl (C=O) groups excluding carboxylic acids is 1. The van der Waals surface area contributed by atoms with Crippen molar-refractivity contribution in [3.63, 3.8) is 0 Å². The summed E-state index contributed by atoms with van der Waals surface area (Å²) in [5.41, 5.74) is 0. The molecule has 0 spiro atoms. The Bertz CT molecular complexity index is 848. The van der Waals surface area contributed by atoms with Crippen LogP contribution in [0.1, 0.15) is 200 Å². The highest BCUT2D eigenvalue weighted by atomic mass is 31.2. The van der Waals surface area contributed by atoms with Crippen LogP contribution in [0, 0.1) is 0 Å². The predicted molar refractivity (Wildman–Crippen MR) is 220 cm³/mol. The van der Waals surface area contributed by atoms with Crippen LogP contribution in [0.3, 0.4) is 0 Å². The maximum atomic E-state index is 12.7. The van der Waals surface area contributed by atoms with E-state index >= 15 is 0 Å². The molecule has 2 atom stereocenters. The lowest BCUT2D eigenvalue weighted by Crippen LogP contribution is -2.37. The van der Waals surface area contributed by atoms with Gasteiger partial charge >= 0.3 is 13.8 Å². The molecule has 0 aromatic heterocycles. The Morgan fingerprint density at radius 3 is 1.48 bits per heavy atom. The molecule has 310 valence electrons. The van der Waals surface area contributed by atoms with Gasteiger partial charge in [-0.2, -0.15) is 0 Å².